The van der Waals surface area contributed by atoms with Crippen molar-refractivity contribution in [3.63, 3.8) is 0 Å². The van der Waals surface area contributed by atoms with Crippen LogP contribution in [0.3, 0.4) is 0 Å². The maximum absolute atomic E-state index is 13.4. The number of carbonyl (C=O) groups excluding carboxylic acids is 2. The maximum atomic E-state index is 13.4. The van der Waals surface area contributed by atoms with Gasteiger partial charge in [0.1, 0.15) is 6.54 Å². The summed E-state index contributed by atoms with van der Waals surface area (Å²) in [6, 6.07) is 2.76. The molecule has 2 N–H and O–H groups in total. The fourth-order valence-corrected chi connectivity index (χ4v) is 3.64. The zero-order valence-corrected chi connectivity index (χ0v) is 13.7. The van der Waals surface area contributed by atoms with Crippen LogP contribution in [0.4, 0.5) is 18.0 Å². The minimum absolute atomic E-state index is 0.0359. The average Bonchev–Trinajstić information content (AvgIpc) is 3.02. The first kappa shape index (κ1) is 18.0. The maximum Gasteiger partial charge on any atom is 0.417 e. The number of nitrogens with one attached hydrogen (secondary N) is 1. The second-order valence-corrected chi connectivity index (χ2v) is 6.24. The summed E-state index contributed by atoms with van der Waals surface area (Å²) in [5, 5.41) is 11.6. The number of halogens is 3. The molecule has 2 heterocycles. The largest absolute Gasteiger partial charge is 0.465 e. The lowest BCUT2D eigenvalue weighted by Crippen LogP contribution is -2.52. The van der Waals surface area contributed by atoms with Gasteiger partial charge in [0.25, 0.3) is 5.91 Å². The summed E-state index contributed by atoms with van der Waals surface area (Å²) in [4.78, 5) is 38.0. The van der Waals surface area contributed by atoms with Crippen molar-refractivity contribution in [3.8, 4) is 0 Å². The van der Waals surface area contributed by atoms with Gasteiger partial charge in [-0.3, -0.25) is 9.59 Å². The lowest BCUT2D eigenvalue weighted by atomic mass is 9.82. The van der Waals surface area contributed by atoms with E-state index < -0.39 is 53.7 Å². The summed E-state index contributed by atoms with van der Waals surface area (Å²) in [6.07, 6.45) is -5.96. The summed E-state index contributed by atoms with van der Waals surface area (Å²) in [5.41, 5.74) is -1.40. The van der Waals surface area contributed by atoms with Gasteiger partial charge in [-0.2, -0.15) is 13.2 Å². The van der Waals surface area contributed by atoms with Crippen molar-refractivity contribution in [2.24, 2.45) is 0 Å². The third-order valence-corrected chi connectivity index (χ3v) is 4.83. The van der Waals surface area contributed by atoms with Crippen molar-refractivity contribution >= 4 is 17.9 Å². The van der Waals surface area contributed by atoms with Gasteiger partial charge in [0, 0.05) is 26.1 Å². The molecular weight excluding hydrogens is 355 g/mol. The average molecular weight is 371 g/mol. The molecule has 0 aliphatic carbocycles. The first-order valence-electron chi connectivity index (χ1n) is 7.84. The van der Waals surface area contributed by atoms with Crippen LogP contribution in [0.1, 0.15) is 27.4 Å². The predicted octanol–water partition coefficient (Wildman–Crippen LogP) is 1.35. The Morgan fingerprint density at radius 2 is 2.00 bits per heavy atom. The van der Waals surface area contributed by atoms with Gasteiger partial charge in [-0.05, 0) is 11.6 Å². The first-order chi connectivity index (χ1) is 12.1. The van der Waals surface area contributed by atoms with E-state index in [0.717, 1.165) is 15.9 Å². The van der Waals surface area contributed by atoms with Crippen LogP contribution in [-0.2, 0) is 11.0 Å². The van der Waals surface area contributed by atoms with Crippen LogP contribution >= 0.6 is 0 Å². The molecule has 1 fully saturated rings. The Bertz CT molecular complexity index is 780. The zero-order valence-electron chi connectivity index (χ0n) is 13.7. The summed E-state index contributed by atoms with van der Waals surface area (Å²) in [5.74, 6) is -2.07. The molecule has 7 nitrogen and oxygen atoms in total. The molecule has 3 amide bonds. The number of fused-ring (bicyclic) bond motifs is 3. The van der Waals surface area contributed by atoms with E-state index in [1.807, 2.05) is 0 Å². The number of carbonyl (C=O) groups is 3. The van der Waals surface area contributed by atoms with Crippen LogP contribution in [0.2, 0.25) is 0 Å². The highest BCUT2D eigenvalue weighted by Crippen LogP contribution is 2.43. The molecule has 140 valence electrons. The highest BCUT2D eigenvalue weighted by molar-refractivity contribution is 6.01. The number of likely N-dealkylation sites (tertiary alicyclic amines) is 1. The highest BCUT2D eigenvalue weighted by atomic mass is 19.4. The second-order valence-electron chi connectivity index (χ2n) is 6.24. The van der Waals surface area contributed by atoms with Gasteiger partial charge in [0.05, 0.1) is 17.2 Å². The molecule has 10 heteroatoms. The summed E-state index contributed by atoms with van der Waals surface area (Å²) in [6.45, 7) is -0.528. The fraction of sp³-hybridized carbons (Fsp3) is 0.438. The Morgan fingerprint density at radius 1 is 1.31 bits per heavy atom. The Morgan fingerprint density at radius 3 is 2.58 bits per heavy atom. The number of rotatable bonds is 2. The van der Waals surface area contributed by atoms with Crippen LogP contribution in [0, 0.1) is 0 Å². The molecule has 1 aromatic rings. The van der Waals surface area contributed by atoms with Crippen molar-refractivity contribution < 1.29 is 32.7 Å². The van der Waals surface area contributed by atoms with Crippen molar-refractivity contribution in [2.45, 2.75) is 18.1 Å². The second kappa shape index (κ2) is 6.19. The third kappa shape index (κ3) is 2.85. The molecule has 0 radical (unpaired) electrons. The topological polar surface area (TPSA) is 90.0 Å². The van der Waals surface area contributed by atoms with Gasteiger partial charge in [0.2, 0.25) is 5.91 Å². The van der Waals surface area contributed by atoms with Crippen LogP contribution < -0.4 is 5.32 Å². The fourth-order valence-electron chi connectivity index (χ4n) is 3.64. The summed E-state index contributed by atoms with van der Waals surface area (Å²) in [7, 11) is 1.35. The minimum Gasteiger partial charge on any atom is -0.465 e. The summed E-state index contributed by atoms with van der Waals surface area (Å²) < 4.78 is 40.2. The minimum atomic E-state index is -4.74. The molecule has 0 aromatic heterocycles. The molecule has 1 saturated heterocycles. The van der Waals surface area contributed by atoms with Crippen LogP contribution in [0.15, 0.2) is 18.2 Å². The van der Waals surface area contributed by atoms with Gasteiger partial charge >= 0.3 is 12.3 Å². The molecule has 2 aliphatic rings. The SMILES string of the molecule is CNC(=O)CN1C(=O)c2c(cccc2C(F)(F)F)C2CN(C(=O)O)CC21. The van der Waals surface area contributed by atoms with E-state index in [1.54, 1.807) is 0 Å². The Kier molecular flexibility index (Phi) is 4.29. The van der Waals surface area contributed by atoms with E-state index in [-0.39, 0.29) is 18.7 Å². The van der Waals surface area contributed by atoms with E-state index in [0.29, 0.717) is 0 Å². The van der Waals surface area contributed by atoms with E-state index in [1.165, 1.54) is 19.2 Å². The van der Waals surface area contributed by atoms with E-state index >= 15 is 0 Å². The number of amides is 3. The molecule has 26 heavy (non-hydrogen) atoms. The lowest BCUT2D eigenvalue weighted by Gasteiger charge is -2.38. The zero-order chi connectivity index (χ0) is 19.2. The van der Waals surface area contributed by atoms with E-state index in [9.17, 15) is 32.7 Å². The highest BCUT2D eigenvalue weighted by Gasteiger charge is 2.50. The number of likely N-dealkylation sites (N-methyl/N-ethyl adjacent to an activating group) is 1. The quantitative estimate of drug-likeness (QED) is 0.821. The lowest BCUT2D eigenvalue weighted by molar-refractivity contribution is -0.138. The molecule has 1 aromatic carbocycles. The van der Waals surface area contributed by atoms with Gasteiger partial charge in [-0.15, -0.1) is 0 Å². The molecule has 0 saturated carbocycles. The molecule has 0 bridgehead atoms. The van der Waals surface area contributed by atoms with Crippen molar-refractivity contribution in [1.82, 2.24) is 15.1 Å². The summed E-state index contributed by atoms with van der Waals surface area (Å²) >= 11 is 0. The van der Waals surface area contributed by atoms with Crippen LogP contribution in [0.25, 0.3) is 0 Å². The predicted molar refractivity (Wildman–Crippen MR) is 82.7 cm³/mol. The molecule has 0 spiro atoms. The third-order valence-electron chi connectivity index (χ3n) is 4.83. The first-order valence-corrected chi connectivity index (χ1v) is 7.84. The van der Waals surface area contributed by atoms with Crippen molar-refractivity contribution in [2.75, 3.05) is 26.7 Å². The van der Waals surface area contributed by atoms with Gasteiger partial charge in [-0.25, -0.2) is 4.79 Å². The number of alkyl halides is 3. The number of hydrogen-bond acceptors (Lipinski definition) is 3. The standard InChI is InChI=1S/C16H16F3N3O4/c1-20-12(23)7-22-11-6-21(15(25)26)5-9(11)8-3-2-4-10(16(17,18)19)13(8)14(22)24/h2-4,9,11H,5-7H2,1H3,(H,20,23)(H,25,26). The number of benzene rings is 1. The molecule has 2 unspecified atom stereocenters. The number of nitrogens with zero attached hydrogens (tertiary/aromatic N) is 2. The molecule has 2 atom stereocenters. The number of hydrogen-bond donors (Lipinski definition) is 2. The van der Waals surface area contributed by atoms with E-state index in [4.69, 9.17) is 0 Å². The Balaban J connectivity index is 2.13. The number of carboxylic acid groups (broad SMARTS) is 1. The Labute approximate surface area is 146 Å². The molecular formula is C16H16F3N3O4. The van der Waals surface area contributed by atoms with Crippen LogP contribution in [0.5, 0.6) is 0 Å². The normalized spacial score (nSPS) is 22.1. The van der Waals surface area contributed by atoms with E-state index in [2.05, 4.69) is 5.32 Å². The van der Waals surface area contributed by atoms with Gasteiger partial charge < -0.3 is 20.2 Å². The van der Waals surface area contributed by atoms with Crippen LogP contribution in [-0.4, -0.2) is 65.5 Å². The van der Waals surface area contributed by atoms with Gasteiger partial charge in [0.15, 0.2) is 0 Å². The van der Waals surface area contributed by atoms with Crippen molar-refractivity contribution in [3.05, 3.63) is 34.9 Å². The smallest absolute Gasteiger partial charge is 0.417 e. The van der Waals surface area contributed by atoms with Crippen molar-refractivity contribution in [1.29, 1.82) is 0 Å². The molecule has 3 rings (SSSR count). The monoisotopic (exact) mass is 371 g/mol. The molecule has 2 aliphatic heterocycles. The Hall–Kier alpha value is -2.78. The van der Waals surface area contributed by atoms with Gasteiger partial charge in [-0.1, -0.05) is 12.1 Å².